The molecule has 1 aromatic rings. The molecule has 0 aromatic heterocycles. The Labute approximate surface area is 117 Å². The fraction of sp³-hybridized carbons (Fsp3) is 0.118. The average molecular weight is 265 g/mol. The second kappa shape index (κ2) is 5.31. The van der Waals surface area contributed by atoms with Crippen LogP contribution < -0.4 is 5.48 Å². The Bertz CT molecular complexity index is 678. The van der Waals surface area contributed by atoms with Crippen LogP contribution in [0.5, 0.6) is 0 Å². The minimum Gasteiger partial charge on any atom is -0.288 e. The molecule has 2 aliphatic carbocycles. The van der Waals surface area contributed by atoms with Gasteiger partial charge in [0.15, 0.2) is 0 Å². The molecule has 2 N–H and O–H groups in total. The van der Waals surface area contributed by atoms with Crippen LogP contribution in [0.25, 0.3) is 11.6 Å². The van der Waals surface area contributed by atoms with Crippen molar-refractivity contribution in [1.82, 2.24) is 5.48 Å². The van der Waals surface area contributed by atoms with Crippen LogP contribution >= 0.6 is 0 Å². The van der Waals surface area contributed by atoms with Crippen molar-refractivity contribution in [3.63, 3.8) is 0 Å². The molecule has 3 rings (SSSR count). The second-order valence-electron chi connectivity index (χ2n) is 4.83. The highest BCUT2D eigenvalue weighted by Gasteiger charge is 2.18. The van der Waals surface area contributed by atoms with Gasteiger partial charge < -0.3 is 0 Å². The third-order valence-corrected chi connectivity index (χ3v) is 3.61. The number of nitrogens with one attached hydrogen (secondary N) is 1. The molecular formula is C17H15NO2. The Morgan fingerprint density at radius 3 is 2.90 bits per heavy atom. The van der Waals surface area contributed by atoms with E-state index in [1.54, 1.807) is 5.48 Å². The van der Waals surface area contributed by atoms with Gasteiger partial charge in [-0.2, -0.15) is 0 Å². The topological polar surface area (TPSA) is 49.3 Å². The van der Waals surface area contributed by atoms with Crippen molar-refractivity contribution in [1.29, 1.82) is 0 Å². The summed E-state index contributed by atoms with van der Waals surface area (Å²) in [5.74, 6) is -0.502. The highest BCUT2D eigenvalue weighted by molar-refractivity contribution is 6.01. The molecule has 3 nitrogen and oxygen atoms in total. The first-order valence-electron chi connectivity index (χ1n) is 6.63. The minimum absolute atomic E-state index is 0.502. The number of benzene rings is 1. The molecule has 20 heavy (non-hydrogen) atoms. The third kappa shape index (κ3) is 2.24. The molecule has 0 unspecified atom stereocenters. The summed E-state index contributed by atoms with van der Waals surface area (Å²) in [6, 6.07) is 7.97. The molecule has 0 bridgehead atoms. The van der Waals surface area contributed by atoms with Crippen LogP contribution in [0.2, 0.25) is 0 Å². The van der Waals surface area contributed by atoms with Gasteiger partial charge in [0.25, 0.3) is 5.91 Å². The van der Waals surface area contributed by atoms with E-state index in [2.05, 4.69) is 24.3 Å². The van der Waals surface area contributed by atoms with Gasteiger partial charge in [-0.15, -0.1) is 0 Å². The number of carbonyl (C=O) groups excluding carboxylic acids is 1. The Kier molecular flexibility index (Phi) is 3.35. The van der Waals surface area contributed by atoms with Crippen LogP contribution in [-0.4, -0.2) is 11.1 Å². The van der Waals surface area contributed by atoms with Gasteiger partial charge in [-0.3, -0.25) is 10.0 Å². The van der Waals surface area contributed by atoms with E-state index in [1.807, 2.05) is 24.3 Å². The molecule has 3 heteroatoms. The summed E-state index contributed by atoms with van der Waals surface area (Å²) < 4.78 is 0. The first-order chi connectivity index (χ1) is 9.79. The van der Waals surface area contributed by atoms with Crippen molar-refractivity contribution < 1.29 is 10.0 Å². The standard InChI is InChI=1S/C17H15NO2/c19-17(18-20)11-16-14-7-3-1-5-12(14)9-10-13-6-2-4-8-15(13)16/h1-3,5-7,9-11,20H,4,8H2,(H,18,19)/b16-11-. The van der Waals surface area contributed by atoms with Gasteiger partial charge in [-0.25, -0.2) is 5.48 Å². The number of carbonyl (C=O) groups is 1. The molecular weight excluding hydrogens is 250 g/mol. The predicted molar refractivity (Wildman–Crippen MR) is 78.8 cm³/mol. The third-order valence-electron chi connectivity index (χ3n) is 3.61. The van der Waals surface area contributed by atoms with Crippen molar-refractivity contribution in [2.45, 2.75) is 12.8 Å². The highest BCUT2D eigenvalue weighted by atomic mass is 16.5. The van der Waals surface area contributed by atoms with E-state index >= 15 is 0 Å². The Morgan fingerprint density at radius 1 is 1.20 bits per heavy atom. The largest absolute Gasteiger partial charge is 0.288 e. The predicted octanol–water partition coefficient (Wildman–Crippen LogP) is 3.25. The first-order valence-corrected chi connectivity index (χ1v) is 6.63. The summed E-state index contributed by atoms with van der Waals surface area (Å²) in [6.07, 6.45) is 11.7. The van der Waals surface area contributed by atoms with E-state index < -0.39 is 5.91 Å². The SMILES string of the molecule is O=C(/C=C1\C2=C(C=CCC2)C=Cc2ccccc21)NO. The van der Waals surface area contributed by atoms with Gasteiger partial charge in [0.2, 0.25) is 0 Å². The quantitative estimate of drug-likeness (QED) is 0.465. The summed E-state index contributed by atoms with van der Waals surface area (Å²) in [7, 11) is 0. The molecule has 0 atom stereocenters. The lowest BCUT2D eigenvalue weighted by Gasteiger charge is -2.17. The number of hydrogen-bond acceptors (Lipinski definition) is 2. The summed E-state index contributed by atoms with van der Waals surface area (Å²) >= 11 is 0. The van der Waals surface area contributed by atoms with Gasteiger partial charge in [-0.05, 0) is 40.7 Å². The molecule has 0 saturated carbocycles. The van der Waals surface area contributed by atoms with Crippen molar-refractivity contribution >= 4 is 17.6 Å². The maximum Gasteiger partial charge on any atom is 0.267 e. The zero-order valence-corrected chi connectivity index (χ0v) is 11.0. The van der Waals surface area contributed by atoms with Crippen molar-refractivity contribution in [3.8, 4) is 0 Å². The van der Waals surface area contributed by atoms with Crippen LogP contribution in [-0.2, 0) is 4.79 Å². The van der Waals surface area contributed by atoms with E-state index in [9.17, 15) is 4.79 Å². The second-order valence-corrected chi connectivity index (χ2v) is 4.83. The number of hydrogen-bond donors (Lipinski definition) is 2. The van der Waals surface area contributed by atoms with Gasteiger partial charge in [0.05, 0.1) is 0 Å². The molecule has 0 spiro atoms. The molecule has 1 amide bonds. The monoisotopic (exact) mass is 265 g/mol. The van der Waals surface area contributed by atoms with Crippen LogP contribution in [0.1, 0.15) is 24.0 Å². The number of rotatable bonds is 1. The average Bonchev–Trinajstić information content (AvgIpc) is 2.65. The maximum atomic E-state index is 11.6. The van der Waals surface area contributed by atoms with E-state index in [-0.39, 0.29) is 0 Å². The summed E-state index contributed by atoms with van der Waals surface area (Å²) in [6.45, 7) is 0. The van der Waals surface area contributed by atoms with Crippen LogP contribution in [0.4, 0.5) is 0 Å². The molecule has 0 radical (unpaired) electrons. The molecule has 0 heterocycles. The molecule has 0 fully saturated rings. The fourth-order valence-electron chi connectivity index (χ4n) is 2.69. The van der Waals surface area contributed by atoms with Gasteiger partial charge in [0, 0.05) is 6.08 Å². The Hall–Kier alpha value is -2.39. The zero-order chi connectivity index (χ0) is 13.9. The first kappa shape index (κ1) is 12.6. The van der Waals surface area contributed by atoms with Crippen LogP contribution in [0.3, 0.4) is 0 Å². The number of hydroxylamine groups is 1. The zero-order valence-electron chi connectivity index (χ0n) is 11.0. The van der Waals surface area contributed by atoms with Crippen molar-refractivity contribution in [3.05, 3.63) is 70.8 Å². The number of allylic oxidation sites excluding steroid dienone is 6. The lowest BCUT2D eigenvalue weighted by Crippen LogP contribution is -2.16. The number of fused-ring (bicyclic) bond motifs is 1. The summed E-state index contributed by atoms with van der Waals surface area (Å²) in [5.41, 5.74) is 6.94. The lowest BCUT2D eigenvalue weighted by atomic mass is 9.88. The van der Waals surface area contributed by atoms with Gasteiger partial charge in [-0.1, -0.05) is 48.6 Å². The smallest absolute Gasteiger partial charge is 0.267 e. The normalized spacial score (nSPS) is 18.6. The highest BCUT2D eigenvalue weighted by Crippen LogP contribution is 2.37. The van der Waals surface area contributed by atoms with E-state index in [4.69, 9.17) is 5.21 Å². The molecule has 0 aliphatic heterocycles. The Morgan fingerprint density at radius 2 is 2.05 bits per heavy atom. The molecule has 1 aromatic carbocycles. The van der Waals surface area contributed by atoms with Crippen LogP contribution in [0, 0.1) is 0 Å². The van der Waals surface area contributed by atoms with E-state index in [0.29, 0.717) is 0 Å². The number of amides is 1. The Balaban J connectivity index is 2.22. The minimum atomic E-state index is -0.502. The maximum absolute atomic E-state index is 11.6. The van der Waals surface area contributed by atoms with Gasteiger partial charge in [0.1, 0.15) is 0 Å². The van der Waals surface area contributed by atoms with E-state index in [0.717, 1.165) is 40.7 Å². The van der Waals surface area contributed by atoms with Crippen molar-refractivity contribution in [2.24, 2.45) is 0 Å². The van der Waals surface area contributed by atoms with Gasteiger partial charge >= 0.3 is 0 Å². The fourth-order valence-corrected chi connectivity index (χ4v) is 2.69. The summed E-state index contributed by atoms with van der Waals surface area (Å²) in [4.78, 5) is 11.6. The lowest BCUT2D eigenvalue weighted by molar-refractivity contribution is -0.124. The summed E-state index contributed by atoms with van der Waals surface area (Å²) in [5, 5.41) is 8.79. The molecule has 100 valence electrons. The van der Waals surface area contributed by atoms with E-state index in [1.165, 1.54) is 6.08 Å². The van der Waals surface area contributed by atoms with Crippen molar-refractivity contribution in [2.75, 3.05) is 0 Å². The molecule has 0 saturated heterocycles. The van der Waals surface area contributed by atoms with Crippen LogP contribution in [0.15, 0.2) is 59.7 Å². The molecule has 2 aliphatic rings.